The highest BCUT2D eigenvalue weighted by atomic mass is 35.5. The topological polar surface area (TPSA) is 49.4 Å². The zero-order valence-corrected chi connectivity index (χ0v) is 19.2. The first-order valence-corrected chi connectivity index (χ1v) is 11.4. The SMILES string of the molecule is CC[C@H](C(=O)NC)N(Cc1ccccc1C)C(=O)CSCc1ccc(Cl)c(Cl)c1. The maximum Gasteiger partial charge on any atom is 0.242 e. The normalized spacial score (nSPS) is 11.8. The number of hydrogen-bond acceptors (Lipinski definition) is 3. The third-order valence-corrected chi connectivity index (χ3v) is 6.44. The Bertz CT molecular complexity index is 860. The first-order chi connectivity index (χ1) is 13.9. The molecule has 0 aromatic heterocycles. The molecule has 2 amide bonds. The maximum absolute atomic E-state index is 13.1. The highest BCUT2D eigenvalue weighted by Crippen LogP contribution is 2.25. The van der Waals surface area contributed by atoms with Crippen LogP contribution < -0.4 is 5.32 Å². The summed E-state index contributed by atoms with van der Waals surface area (Å²) >= 11 is 13.5. The predicted octanol–water partition coefficient (Wildman–Crippen LogP) is 5.09. The molecule has 29 heavy (non-hydrogen) atoms. The van der Waals surface area contributed by atoms with Crippen molar-refractivity contribution in [2.45, 2.75) is 38.6 Å². The monoisotopic (exact) mass is 452 g/mol. The molecule has 0 radical (unpaired) electrons. The maximum atomic E-state index is 13.1. The molecule has 0 fully saturated rings. The number of hydrogen-bond donors (Lipinski definition) is 1. The van der Waals surface area contributed by atoms with Gasteiger partial charge in [0, 0.05) is 19.3 Å². The van der Waals surface area contributed by atoms with Crippen LogP contribution in [0.1, 0.15) is 30.0 Å². The van der Waals surface area contributed by atoms with E-state index in [2.05, 4.69) is 5.32 Å². The van der Waals surface area contributed by atoms with Crippen molar-refractivity contribution in [1.82, 2.24) is 10.2 Å². The lowest BCUT2D eigenvalue weighted by molar-refractivity contribution is -0.139. The minimum atomic E-state index is -0.502. The lowest BCUT2D eigenvalue weighted by Gasteiger charge is -2.30. The minimum absolute atomic E-state index is 0.0613. The van der Waals surface area contributed by atoms with Gasteiger partial charge in [-0.05, 0) is 42.2 Å². The molecular weight excluding hydrogens is 427 g/mol. The molecule has 0 heterocycles. The Morgan fingerprint density at radius 1 is 1.14 bits per heavy atom. The molecule has 2 aromatic carbocycles. The Labute approximate surface area is 187 Å². The van der Waals surface area contributed by atoms with Gasteiger partial charge >= 0.3 is 0 Å². The van der Waals surface area contributed by atoms with Gasteiger partial charge in [-0.3, -0.25) is 9.59 Å². The Balaban J connectivity index is 2.11. The Hall–Kier alpha value is -1.69. The van der Waals surface area contributed by atoms with E-state index in [-0.39, 0.29) is 17.6 Å². The fourth-order valence-corrected chi connectivity index (χ4v) is 4.20. The Morgan fingerprint density at radius 2 is 1.86 bits per heavy atom. The molecule has 0 spiro atoms. The van der Waals surface area contributed by atoms with Crippen LogP contribution in [0.5, 0.6) is 0 Å². The predicted molar refractivity (Wildman–Crippen MR) is 122 cm³/mol. The molecule has 0 bridgehead atoms. The second-order valence-electron chi connectivity index (χ2n) is 6.73. The molecule has 4 nitrogen and oxygen atoms in total. The van der Waals surface area contributed by atoms with Crippen LogP contribution in [0.25, 0.3) is 0 Å². The summed E-state index contributed by atoms with van der Waals surface area (Å²) in [7, 11) is 1.60. The first-order valence-electron chi connectivity index (χ1n) is 9.44. The molecule has 0 saturated heterocycles. The summed E-state index contributed by atoms with van der Waals surface area (Å²) in [5.74, 6) is 0.703. The summed E-state index contributed by atoms with van der Waals surface area (Å²) < 4.78 is 0. The zero-order valence-electron chi connectivity index (χ0n) is 16.9. The van der Waals surface area contributed by atoms with Gasteiger partial charge in [-0.1, -0.05) is 60.5 Å². The van der Waals surface area contributed by atoms with Crippen LogP contribution in [0.4, 0.5) is 0 Å². The van der Waals surface area contributed by atoms with E-state index in [0.717, 1.165) is 16.7 Å². The van der Waals surface area contributed by atoms with E-state index in [9.17, 15) is 9.59 Å². The highest BCUT2D eigenvalue weighted by Gasteiger charge is 2.28. The van der Waals surface area contributed by atoms with Crippen LogP contribution in [-0.4, -0.2) is 35.6 Å². The number of aryl methyl sites for hydroxylation is 1. The average Bonchev–Trinajstić information content (AvgIpc) is 2.71. The van der Waals surface area contributed by atoms with Gasteiger partial charge in [0.1, 0.15) is 6.04 Å². The van der Waals surface area contributed by atoms with Gasteiger partial charge in [0.2, 0.25) is 11.8 Å². The van der Waals surface area contributed by atoms with Gasteiger partial charge in [-0.25, -0.2) is 0 Å². The third-order valence-electron chi connectivity index (χ3n) is 4.71. The molecule has 156 valence electrons. The summed E-state index contributed by atoms with van der Waals surface area (Å²) in [6.45, 7) is 4.34. The molecule has 7 heteroatoms. The number of likely N-dealkylation sites (N-methyl/N-ethyl adjacent to an activating group) is 1. The van der Waals surface area contributed by atoms with E-state index in [1.807, 2.05) is 50.2 Å². The Kier molecular flexibility index (Phi) is 9.34. The van der Waals surface area contributed by atoms with Crippen LogP contribution in [0.15, 0.2) is 42.5 Å². The van der Waals surface area contributed by atoms with Gasteiger partial charge in [0.25, 0.3) is 0 Å². The molecule has 0 aliphatic heterocycles. The molecule has 0 saturated carbocycles. The van der Waals surface area contributed by atoms with Crippen molar-refractivity contribution < 1.29 is 9.59 Å². The van der Waals surface area contributed by atoms with Crippen LogP contribution in [-0.2, 0) is 21.9 Å². The van der Waals surface area contributed by atoms with Crippen LogP contribution in [0, 0.1) is 6.92 Å². The van der Waals surface area contributed by atoms with Crippen molar-refractivity contribution in [3.63, 3.8) is 0 Å². The summed E-state index contributed by atoms with van der Waals surface area (Å²) in [6, 6.07) is 12.9. The van der Waals surface area contributed by atoms with Gasteiger partial charge in [0.05, 0.1) is 15.8 Å². The number of carbonyl (C=O) groups excluding carboxylic acids is 2. The zero-order chi connectivity index (χ0) is 21.4. The number of thioether (sulfide) groups is 1. The fraction of sp³-hybridized carbons (Fsp3) is 0.364. The first kappa shape index (κ1) is 23.6. The number of benzene rings is 2. The van der Waals surface area contributed by atoms with Crippen molar-refractivity contribution in [2.75, 3.05) is 12.8 Å². The lowest BCUT2D eigenvalue weighted by atomic mass is 10.1. The summed E-state index contributed by atoms with van der Waals surface area (Å²) in [5, 5.41) is 3.69. The summed E-state index contributed by atoms with van der Waals surface area (Å²) in [4.78, 5) is 27.1. The van der Waals surface area contributed by atoms with E-state index in [1.54, 1.807) is 18.0 Å². The summed E-state index contributed by atoms with van der Waals surface area (Å²) in [5.41, 5.74) is 3.14. The fourth-order valence-electron chi connectivity index (χ4n) is 3.03. The molecule has 0 unspecified atom stereocenters. The smallest absolute Gasteiger partial charge is 0.242 e. The molecule has 1 N–H and O–H groups in total. The number of carbonyl (C=O) groups is 2. The van der Waals surface area contributed by atoms with Crippen molar-refractivity contribution in [2.24, 2.45) is 0 Å². The van der Waals surface area contributed by atoms with Crippen molar-refractivity contribution in [3.05, 3.63) is 69.2 Å². The minimum Gasteiger partial charge on any atom is -0.357 e. The molecule has 1 atom stereocenters. The molecule has 0 aliphatic rings. The van der Waals surface area contributed by atoms with Crippen molar-refractivity contribution in [1.29, 1.82) is 0 Å². The standard InChI is InChI=1S/C22H26Cl2N2O2S/c1-4-20(22(28)25-3)26(12-17-8-6-5-7-15(17)2)21(27)14-29-13-16-9-10-18(23)19(24)11-16/h5-11,20H,4,12-14H2,1-3H3,(H,25,28)/t20-/m1/s1. The van der Waals surface area contributed by atoms with E-state index >= 15 is 0 Å². The van der Waals surface area contributed by atoms with Crippen LogP contribution in [0.2, 0.25) is 10.0 Å². The second kappa shape index (κ2) is 11.5. The molecule has 2 rings (SSSR count). The van der Waals surface area contributed by atoms with E-state index in [1.165, 1.54) is 11.8 Å². The quantitative estimate of drug-likeness (QED) is 0.576. The lowest BCUT2D eigenvalue weighted by Crippen LogP contribution is -2.48. The number of nitrogens with one attached hydrogen (secondary N) is 1. The number of rotatable bonds is 9. The Morgan fingerprint density at radius 3 is 2.48 bits per heavy atom. The van der Waals surface area contributed by atoms with Gasteiger partial charge in [0.15, 0.2) is 0 Å². The van der Waals surface area contributed by atoms with Gasteiger partial charge in [-0.15, -0.1) is 11.8 Å². The van der Waals surface area contributed by atoms with Crippen LogP contribution in [0.3, 0.4) is 0 Å². The van der Waals surface area contributed by atoms with E-state index in [0.29, 0.717) is 28.8 Å². The second-order valence-corrected chi connectivity index (χ2v) is 8.53. The van der Waals surface area contributed by atoms with E-state index < -0.39 is 6.04 Å². The van der Waals surface area contributed by atoms with Gasteiger partial charge < -0.3 is 10.2 Å². The number of halogens is 2. The largest absolute Gasteiger partial charge is 0.357 e. The molecule has 2 aromatic rings. The number of amides is 2. The summed E-state index contributed by atoms with van der Waals surface area (Å²) in [6.07, 6.45) is 0.550. The van der Waals surface area contributed by atoms with Crippen molar-refractivity contribution in [3.8, 4) is 0 Å². The highest BCUT2D eigenvalue weighted by molar-refractivity contribution is 7.99. The van der Waals surface area contributed by atoms with E-state index in [4.69, 9.17) is 23.2 Å². The molecule has 0 aliphatic carbocycles. The van der Waals surface area contributed by atoms with Gasteiger partial charge in [-0.2, -0.15) is 0 Å². The van der Waals surface area contributed by atoms with Crippen LogP contribution >= 0.6 is 35.0 Å². The average molecular weight is 453 g/mol. The molecular formula is C22H26Cl2N2O2S. The third kappa shape index (κ3) is 6.66. The number of nitrogens with zero attached hydrogens (tertiary/aromatic N) is 1. The van der Waals surface area contributed by atoms with Crippen molar-refractivity contribution >= 4 is 46.8 Å².